The monoisotopic (exact) mass is 193 g/mol. The maximum Gasteiger partial charge on any atom is 0.0824 e. The molecule has 0 fully saturated rings. The van der Waals surface area contributed by atoms with Gasteiger partial charge in [-0.1, -0.05) is 30.6 Å². The Morgan fingerprint density at radius 1 is 1.21 bits per heavy atom. The molecule has 78 valence electrons. The first-order valence-corrected chi connectivity index (χ1v) is 5.39. The molecule has 1 aromatic rings. The van der Waals surface area contributed by atoms with E-state index >= 15 is 0 Å². The standard InChI is InChI=1S/C11H19N3/c1-2-3-4-5-6-7-8-9-11-10-12-14-13-11/h2,10H,1,3-9H2,(H,12,13,14). The average molecular weight is 193 g/mol. The van der Waals surface area contributed by atoms with E-state index in [4.69, 9.17) is 0 Å². The third kappa shape index (κ3) is 4.80. The minimum absolute atomic E-state index is 1.05. The third-order valence-corrected chi connectivity index (χ3v) is 2.31. The van der Waals surface area contributed by atoms with Crippen molar-refractivity contribution in [2.24, 2.45) is 0 Å². The highest BCUT2D eigenvalue weighted by Gasteiger charge is 1.95. The van der Waals surface area contributed by atoms with Crippen molar-refractivity contribution in [3.8, 4) is 0 Å². The number of nitrogens with one attached hydrogen (secondary N) is 1. The van der Waals surface area contributed by atoms with E-state index in [1.165, 1.54) is 32.1 Å². The van der Waals surface area contributed by atoms with Gasteiger partial charge >= 0.3 is 0 Å². The van der Waals surface area contributed by atoms with Gasteiger partial charge in [0.25, 0.3) is 0 Å². The zero-order valence-corrected chi connectivity index (χ0v) is 8.71. The number of unbranched alkanes of at least 4 members (excludes halogenated alkanes) is 5. The fourth-order valence-electron chi connectivity index (χ4n) is 1.47. The molecule has 0 bridgehead atoms. The van der Waals surface area contributed by atoms with Crippen LogP contribution < -0.4 is 0 Å². The van der Waals surface area contributed by atoms with Gasteiger partial charge in [-0.25, -0.2) is 0 Å². The summed E-state index contributed by atoms with van der Waals surface area (Å²) in [5, 5.41) is 10.3. The lowest BCUT2D eigenvalue weighted by Crippen LogP contribution is -1.86. The van der Waals surface area contributed by atoms with E-state index in [2.05, 4.69) is 22.0 Å². The van der Waals surface area contributed by atoms with Crippen LogP contribution in [0.5, 0.6) is 0 Å². The van der Waals surface area contributed by atoms with Crippen LogP contribution in [0.25, 0.3) is 0 Å². The van der Waals surface area contributed by atoms with Gasteiger partial charge in [0.15, 0.2) is 0 Å². The van der Waals surface area contributed by atoms with E-state index in [0.717, 1.165) is 18.5 Å². The Morgan fingerprint density at radius 3 is 2.71 bits per heavy atom. The Morgan fingerprint density at radius 2 is 2.00 bits per heavy atom. The molecular weight excluding hydrogens is 174 g/mol. The number of aromatic nitrogens is 3. The van der Waals surface area contributed by atoms with Crippen LogP contribution in [0.4, 0.5) is 0 Å². The molecule has 0 saturated carbocycles. The van der Waals surface area contributed by atoms with E-state index in [9.17, 15) is 0 Å². The molecule has 0 spiro atoms. The number of aryl methyl sites for hydroxylation is 1. The van der Waals surface area contributed by atoms with Crippen molar-refractivity contribution < 1.29 is 0 Å². The van der Waals surface area contributed by atoms with E-state index in [1.807, 2.05) is 12.3 Å². The quantitative estimate of drug-likeness (QED) is 0.509. The third-order valence-electron chi connectivity index (χ3n) is 2.31. The number of hydrogen-bond acceptors (Lipinski definition) is 2. The van der Waals surface area contributed by atoms with Crippen LogP contribution in [0, 0.1) is 0 Å². The summed E-state index contributed by atoms with van der Waals surface area (Å²) in [6.07, 6.45) is 12.5. The first-order chi connectivity index (χ1) is 6.93. The van der Waals surface area contributed by atoms with E-state index < -0.39 is 0 Å². The minimum atomic E-state index is 1.05. The molecule has 0 unspecified atom stereocenters. The normalized spacial score (nSPS) is 10.3. The van der Waals surface area contributed by atoms with E-state index in [1.54, 1.807) is 0 Å². The lowest BCUT2D eigenvalue weighted by atomic mass is 10.1. The second-order valence-corrected chi connectivity index (χ2v) is 3.56. The predicted octanol–water partition coefficient (Wildman–Crippen LogP) is 2.87. The van der Waals surface area contributed by atoms with Gasteiger partial charge in [-0.3, -0.25) is 5.10 Å². The molecule has 0 amide bonds. The van der Waals surface area contributed by atoms with Crippen molar-refractivity contribution in [3.05, 3.63) is 24.5 Å². The fourth-order valence-corrected chi connectivity index (χ4v) is 1.47. The number of rotatable bonds is 8. The van der Waals surface area contributed by atoms with Gasteiger partial charge in [-0.2, -0.15) is 0 Å². The second-order valence-electron chi connectivity index (χ2n) is 3.56. The first kappa shape index (κ1) is 11.0. The molecule has 1 aromatic heterocycles. The first-order valence-electron chi connectivity index (χ1n) is 5.39. The largest absolute Gasteiger partial charge is 0.265 e. The van der Waals surface area contributed by atoms with Gasteiger partial charge in [0.05, 0.1) is 5.69 Å². The lowest BCUT2D eigenvalue weighted by molar-refractivity contribution is 0.614. The van der Waals surface area contributed by atoms with Crippen molar-refractivity contribution in [2.45, 2.75) is 44.9 Å². The van der Waals surface area contributed by atoms with Gasteiger partial charge in [0, 0.05) is 6.20 Å². The van der Waals surface area contributed by atoms with Crippen LogP contribution in [0.15, 0.2) is 18.9 Å². The van der Waals surface area contributed by atoms with Crippen LogP contribution in [-0.4, -0.2) is 15.4 Å². The second kappa shape index (κ2) is 7.30. The summed E-state index contributed by atoms with van der Waals surface area (Å²) in [4.78, 5) is 0. The molecular formula is C11H19N3. The summed E-state index contributed by atoms with van der Waals surface area (Å²) in [5.74, 6) is 0. The van der Waals surface area contributed by atoms with Gasteiger partial charge < -0.3 is 0 Å². The molecule has 0 saturated heterocycles. The molecule has 3 nitrogen and oxygen atoms in total. The number of hydrogen-bond donors (Lipinski definition) is 1. The van der Waals surface area contributed by atoms with Crippen LogP contribution in [-0.2, 0) is 6.42 Å². The van der Waals surface area contributed by atoms with Crippen molar-refractivity contribution in [1.82, 2.24) is 15.4 Å². The van der Waals surface area contributed by atoms with Crippen LogP contribution in [0.2, 0.25) is 0 Å². The maximum absolute atomic E-state index is 3.94. The van der Waals surface area contributed by atoms with Gasteiger partial charge in [-0.05, 0) is 25.7 Å². The number of H-pyrrole nitrogens is 1. The molecule has 1 heterocycles. The minimum Gasteiger partial charge on any atom is -0.265 e. The highest BCUT2D eigenvalue weighted by atomic mass is 15.3. The van der Waals surface area contributed by atoms with Crippen molar-refractivity contribution in [2.75, 3.05) is 0 Å². The molecule has 1 rings (SSSR count). The SMILES string of the molecule is C=CCCCCCCCc1c[nH]nn1. The summed E-state index contributed by atoms with van der Waals surface area (Å²) in [6, 6.07) is 0. The van der Waals surface area contributed by atoms with Gasteiger partial charge in [-0.15, -0.1) is 11.7 Å². The Hall–Kier alpha value is -1.12. The average Bonchev–Trinajstić information content (AvgIpc) is 2.69. The van der Waals surface area contributed by atoms with Gasteiger partial charge in [0.2, 0.25) is 0 Å². The van der Waals surface area contributed by atoms with Crippen molar-refractivity contribution >= 4 is 0 Å². The van der Waals surface area contributed by atoms with Crippen molar-refractivity contribution in [3.63, 3.8) is 0 Å². The van der Waals surface area contributed by atoms with Crippen LogP contribution >= 0.6 is 0 Å². The molecule has 14 heavy (non-hydrogen) atoms. The van der Waals surface area contributed by atoms with Crippen molar-refractivity contribution in [1.29, 1.82) is 0 Å². The Labute approximate surface area is 85.6 Å². The molecule has 0 aliphatic carbocycles. The zero-order valence-electron chi connectivity index (χ0n) is 8.71. The zero-order chi connectivity index (χ0) is 10.1. The molecule has 1 N–H and O–H groups in total. The maximum atomic E-state index is 3.94. The summed E-state index contributed by atoms with van der Waals surface area (Å²) in [7, 11) is 0. The Bertz CT molecular complexity index is 229. The summed E-state index contributed by atoms with van der Waals surface area (Å²) < 4.78 is 0. The molecule has 0 aromatic carbocycles. The summed E-state index contributed by atoms with van der Waals surface area (Å²) in [5.41, 5.74) is 1.08. The Kier molecular flexibility index (Phi) is 5.71. The van der Waals surface area contributed by atoms with Crippen LogP contribution in [0.3, 0.4) is 0 Å². The molecule has 0 aliphatic heterocycles. The van der Waals surface area contributed by atoms with E-state index in [-0.39, 0.29) is 0 Å². The number of aromatic amines is 1. The van der Waals surface area contributed by atoms with E-state index in [0.29, 0.717) is 0 Å². The summed E-state index contributed by atoms with van der Waals surface area (Å²) in [6.45, 7) is 3.71. The number of nitrogens with zero attached hydrogens (tertiary/aromatic N) is 2. The Balaban J connectivity index is 1.87. The lowest BCUT2D eigenvalue weighted by Gasteiger charge is -1.98. The predicted molar refractivity (Wildman–Crippen MR) is 58.0 cm³/mol. The van der Waals surface area contributed by atoms with Crippen LogP contribution in [0.1, 0.15) is 44.2 Å². The molecule has 0 aliphatic rings. The fraction of sp³-hybridized carbons (Fsp3) is 0.636. The highest BCUT2D eigenvalue weighted by molar-refractivity contribution is 4.89. The van der Waals surface area contributed by atoms with Gasteiger partial charge in [0.1, 0.15) is 0 Å². The smallest absolute Gasteiger partial charge is 0.0824 e. The number of allylic oxidation sites excluding steroid dienone is 1. The highest BCUT2D eigenvalue weighted by Crippen LogP contribution is 2.07. The molecule has 0 atom stereocenters. The molecule has 3 heteroatoms. The molecule has 0 radical (unpaired) electrons. The topological polar surface area (TPSA) is 41.6 Å². The summed E-state index contributed by atoms with van der Waals surface area (Å²) >= 11 is 0.